The summed E-state index contributed by atoms with van der Waals surface area (Å²) in [6, 6.07) is 10.9. The molecule has 168 valence electrons. The molecule has 0 unspecified atom stereocenters. The molecule has 4 rings (SSSR count). The maximum Gasteiger partial charge on any atom is 0.265 e. The van der Waals surface area contributed by atoms with Crippen molar-refractivity contribution in [3.05, 3.63) is 42.0 Å². The van der Waals surface area contributed by atoms with Crippen LogP contribution in [0.15, 0.2) is 36.4 Å². The number of sulfonamides is 1. The molecule has 3 aromatic rings. The molecule has 1 aromatic heterocycles. The van der Waals surface area contributed by atoms with Crippen molar-refractivity contribution in [1.29, 1.82) is 0 Å². The van der Waals surface area contributed by atoms with Gasteiger partial charge in [0, 0.05) is 18.7 Å². The highest BCUT2D eigenvalue weighted by molar-refractivity contribution is 7.92. The number of nitrogens with zero attached hydrogens (tertiary/aromatic N) is 2. The third-order valence-electron chi connectivity index (χ3n) is 4.79. The summed E-state index contributed by atoms with van der Waals surface area (Å²) >= 11 is 1.19. The van der Waals surface area contributed by atoms with E-state index in [-0.39, 0.29) is 30.0 Å². The maximum absolute atomic E-state index is 12.4. The smallest absolute Gasteiger partial charge is 0.265 e. The van der Waals surface area contributed by atoms with Gasteiger partial charge in [-0.2, -0.15) is 0 Å². The molecule has 11 heteroatoms. The molecular formula is C21H22N4O5S2. The quantitative estimate of drug-likeness (QED) is 0.543. The lowest BCUT2D eigenvalue weighted by molar-refractivity contribution is -0.121. The predicted molar refractivity (Wildman–Crippen MR) is 125 cm³/mol. The summed E-state index contributed by atoms with van der Waals surface area (Å²) in [5, 5.41) is 3.12. The van der Waals surface area contributed by atoms with Crippen LogP contribution in [0.3, 0.4) is 0 Å². The monoisotopic (exact) mass is 474 g/mol. The summed E-state index contributed by atoms with van der Waals surface area (Å²) in [6.07, 6.45) is 1.80. The first-order valence-corrected chi connectivity index (χ1v) is 12.6. The van der Waals surface area contributed by atoms with Crippen molar-refractivity contribution in [3.8, 4) is 5.75 Å². The summed E-state index contributed by atoms with van der Waals surface area (Å²) in [5.41, 5.74) is 2.99. The number of thiazole rings is 1. The van der Waals surface area contributed by atoms with Crippen LogP contribution >= 0.6 is 11.3 Å². The topological polar surface area (TPSA) is 118 Å². The van der Waals surface area contributed by atoms with Crippen LogP contribution in [0.2, 0.25) is 0 Å². The molecule has 0 saturated heterocycles. The summed E-state index contributed by atoms with van der Waals surface area (Å²) in [6.45, 7) is 2.36. The number of aryl methyl sites for hydroxylation is 1. The highest BCUT2D eigenvalue weighted by Crippen LogP contribution is 2.33. The fourth-order valence-electron chi connectivity index (χ4n) is 3.38. The van der Waals surface area contributed by atoms with E-state index in [0.717, 1.165) is 22.2 Å². The van der Waals surface area contributed by atoms with E-state index < -0.39 is 10.0 Å². The van der Waals surface area contributed by atoms with Crippen LogP contribution < -0.4 is 19.7 Å². The third-order valence-corrected chi connectivity index (χ3v) is 6.41. The Bertz CT molecular complexity index is 1300. The lowest BCUT2D eigenvalue weighted by Gasteiger charge is -2.29. The van der Waals surface area contributed by atoms with E-state index >= 15 is 0 Å². The van der Waals surface area contributed by atoms with Gasteiger partial charge >= 0.3 is 0 Å². The first kappa shape index (κ1) is 22.0. The van der Waals surface area contributed by atoms with E-state index in [1.165, 1.54) is 11.3 Å². The molecular weight excluding hydrogens is 452 g/mol. The van der Waals surface area contributed by atoms with Crippen molar-refractivity contribution in [2.75, 3.05) is 34.3 Å². The standard InChI is InChI=1S/C21H22N4O5S2/c1-13-5-8-17-16(10-13)25(20(27)12-30-17)9-3-4-19(26)22-14-6-7-15-18(11-14)31-21(23-15)24-32(2,28)29/h5-8,10-11H,3-4,9,12H2,1-2H3,(H,22,26)(H,23,24). The molecule has 2 N–H and O–H groups in total. The van der Waals surface area contributed by atoms with Crippen molar-refractivity contribution in [1.82, 2.24) is 4.98 Å². The lowest BCUT2D eigenvalue weighted by atomic mass is 10.1. The van der Waals surface area contributed by atoms with E-state index in [1.807, 2.05) is 25.1 Å². The van der Waals surface area contributed by atoms with Gasteiger partial charge in [-0.15, -0.1) is 0 Å². The first-order chi connectivity index (χ1) is 15.2. The maximum atomic E-state index is 12.4. The molecule has 2 heterocycles. The Morgan fingerprint density at radius 3 is 2.84 bits per heavy atom. The predicted octanol–water partition coefficient (Wildman–Crippen LogP) is 3.12. The van der Waals surface area contributed by atoms with Crippen molar-refractivity contribution >= 4 is 59.9 Å². The second-order valence-electron chi connectivity index (χ2n) is 7.53. The first-order valence-electron chi connectivity index (χ1n) is 9.90. The number of benzene rings is 2. The van der Waals surface area contributed by atoms with Crippen LogP contribution in [-0.2, 0) is 19.6 Å². The van der Waals surface area contributed by atoms with Crippen LogP contribution in [0.25, 0.3) is 10.2 Å². The number of nitrogens with one attached hydrogen (secondary N) is 2. The zero-order chi connectivity index (χ0) is 22.9. The number of hydrogen-bond acceptors (Lipinski definition) is 7. The van der Waals surface area contributed by atoms with E-state index in [1.54, 1.807) is 23.1 Å². The molecule has 2 aromatic carbocycles. The van der Waals surface area contributed by atoms with E-state index in [9.17, 15) is 18.0 Å². The number of carbonyl (C=O) groups excluding carboxylic acids is 2. The Labute approximate surface area is 189 Å². The second-order valence-corrected chi connectivity index (χ2v) is 10.3. The average Bonchev–Trinajstić information content (AvgIpc) is 3.09. The summed E-state index contributed by atoms with van der Waals surface area (Å²) in [7, 11) is -3.41. The molecule has 32 heavy (non-hydrogen) atoms. The van der Waals surface area contributed by atoms with Gasteiger partial charge in [0.05, 0.1) is 22.2 Å². The van der Waals surface area contributed by atoms with E-state index in [0.29, 0.717) is 29.9 Å². The number of fused-ring (bicyclic) bond motifs is 2. The highest BCUT2D eigenvalue weighted by atomic mass is 32.2. The second kappa shape index (κ2) is 8.75. The molecule has 1 aliphatic heterocycles. The van der Waals surface area contributed by atoms with Gasteiger partial charge in [-0.1, -0.05) is 17.4 Å². The highest BCUT2D eigenvalue weighted by Gasteiger charge is 2.25. The SMILES string of the molecule is Cc1ccc2c(c1)N(CCCC(=O)Nc1ccc3nc(NS(C)(=O)=O)sc3c1)C(=O)CO2. The summed E-state index contributed by atoms with van der Waals surface area (Å²) in [4.78, 5) is 30.6. The molecule has 0 saturated carbocycles. The summed E-state index contributed by atoms with van der Waals surface area (Å²) in [5.74, 6) is 0.369. The minimum absolute atomic E-state index is 0.00665. The number of carbonyl (C=O) groups is 2. The number of ether oxygens (including phenoxy) is 1. The Morgan fingerprint density at radius 2 is 2.06 bits per heavy atom. The van der Waals surface area contributed by atoms with Gasteiger partial charge in [0.1, 0.15) is 5.75 Å². The zero-order valence-electron chi connectivity index (χ0n) is 17.5. The van der Waals surface area contributed by atoms with Crippen LogP contribution in [0.5, 0.6) is 5.75 Å². The number of aromatic nitrogens is 1. The van der Waals surface area contributed by atoms with Gasteiger partial charge < -0.3 is 15.0 Å². The van der Waals surface area contributed by atoms with Gasteiger partial charge in [0.25, 0.3) is 5.91 Å². The van der Waals surface area contributed by atoms with Gasteiger partial charge in [-0.05, 0) is 49.2 Å². The van der Waals surface area contributed by atoms with Crippen molar-refractivity contribution in [3.63, 3.8) is 0 Å². The van der Waals surface area contributed by atoms with Gasteiger partial charge in [0.2, 0.25) is 15.9 Å². The van der Waals surface area contributed by atoms with E-state index in [4.69, 9.17) is 4.74 Å². The molecule has 0 bridgehead atoms. The largest absolute Gasteiger partial charge is 0.482 e. The number of anilines is 3. The minimum Gasteiger partial charge on any atom is -0.482 e. The third kappa shape index (κ3) is 5.17. The summed E-state index contributed by atoms with van der Waals surface area (Å²) < 4.78 is 31.3. The minimum atomic E-state index is -3.41. The van der Waals surface area contributed by atoms with Crippen LogP contribution in [-0.4, -0.2) is 44.6 Å². The van der Waals surface area contributed by atoms with Crippen molar-refractivity contribution < 1.29 is 22.7 Å². The van der Waals surface area contributed by atoms with Gasteiger partial charge in [-0.3, -0.25) is 14.3 Å². The number of amides is 2. The zero-order valence-corrected chi connectivity index (χ0v) is 19.2. The molecule has 0 spiro atoms. The molecule has 0 fully saturated rings. The molecule has 9 nitrogen and oxygen atoms in total. The van der Waals surface area contributed by atoms with Gasteiger partial charge in [0.15, 0.2) is 11.7 Å². The van der Waals surface area contributed by atoms with Gasteiger partial charge in [-0.25, -0.2) is 13.4 Å². The average molecular weight is 475 g/mol. The Kier molecular flexibility index (Phi) is 6.02. The van der Waals surface area contributed by atoms with Crippen LogP contribution in [0.4, 0.5) is 16.5 Å². The van der Waals surface area contributed by atoms with Crippen molar-refractivity contribution in [2.45, 2.75) is 19.8 Å². The van der Waals surface area contributed by atoms with E-state index in [2.05, 4.69) is 15.0 Å². The molecule has 0 atom stereocenters. The fourth-order valence-corrected chi connectivity index (χ4v) is 5.12. The van der Waals surface area contributed by atoms with Crippen LogP contribution in [0, 0.1) is 6.92 Å². The molecule has 0 radical (unpaired) electrons. The lowest BCUT2D eigenvalue weighted by Crippen LogP contribution is -2.39. The number of hydrogen-bond donors (Lipinski definition) is 2. The Balaban J connectivity index is 1.36. The molecule has 2 amide bonds. The molecule has 0 aliphatic carbocycles. The molecule has 1 aliphatic rings. The fraction of sp³-hybridized carbons (Fsp3) is 0.286. The van der Waals surface area contributed by atoms with Crippen molar-refractivity contribution in [2.24, 2.45) is 0 Å². The Morgan fingerprint density at radius 1 is 1.25 bits per heavy atom. The number of rotatable bonds is 7. The normalized spacial score (nSPS) is 13.6. The Hall–Kier alpha value is -3.18. The van der Waals surface area contributed by atoms with Crippen LogP contribution in [0.1, 0.15) is 18.4 Å².